The van der Waals surface area contributed by atoms with E-state index >= 15 is 0 Å². The summed E-state index contributed by atoms with van der Waals surface area (Å²) in [5.74, 6) is 1.89. The van der Waals surface area contributed by atoms with Gasteiger partial charge in [-0.2, -0.15) is 0 Å². The van der Waals surface area contributed by atoms with Gasteiger partial charge in [0.25, 0.3) is 0 Å². The number of benzene rings is 1. The highest BCUT2D eigenvalue weighted by Gasteiger charge is 2.49. The average molecular weight is 326 g/mol. The summed E-state index contributed by atoms with van der Waals surface area (Å²) in [4.78, 5) is 12.0. The van der Waals surface area contributed by atoms with Crippen molar-refractivity contribution in [2.75, 3.05) is 13.7 Å². The molecule has 4 rings (SSSR count). The molecule has 0 saturated heterocycles. The van der Waals surface area contributed by atoms with Crippen LogP contribution in [0.3, 0.4) is 0 Å². The second kappa shape index (κ2) is 5.37. The van der Waals surface area contributed by atoms with E-state index in [2.05, 4.69) is 32.9 Å². The van der Waals surface area contributed by atoms with Crippen molar-refractivity contribution >= 4 is 5.97 Å². The van der Waals surface area contributed by atoms with Crippen LogP contribution in [-0.4, -0.2) is 19.7 Å². The van der Waals surface area contributed by atoms with Crippen LogP contribution in [0.4, 0.5) is 0 Å². The molecule has 0 N–H and O–H groups in total. The molecule has 24 heavy (non-hydrogen) atoms. The molecule has 2 aliphatic carbocycles. The maximum absolute atomic E-state index is 12.0. The molecule has 0 fully saturated rings. The van der Waals surface area contributed by atoms with E-state index in [1.54, 1.807) is 7.11 Å². The molecule has 1 heterocycles. The second-order valence-corrected chi connectivity index (χ2v) is 7.96. The van der Waals surface area contributed by atoms with E-state index in [1.165, 1.54) is 22.3 Å². The monoisotopic (exact) mass is 326 g/mol. The zero-order valence-corrected chi connectivity index (χ0v) is 15.1. The van der Waals surface area contributed by atoms with Gasteiger partial charge in [-0.05, 0) is 65.2 Å². The van der Waals surface area contributed by atoms with Gasteiger partial charge in [-0.15, -0.1) is 0 Å². The minimum atomic E-state index is -0.0782. The Kier molecular flexibility index (Phi) is 3.52. The van der Waals surface area contributed by atoms with Crippen molar-refractivity contribution < 1.29 is 14.3 Å². The molecule has 1 aliphatic heterocycles. The van der Waals surface area contributed by atoms with Crippen LogP contribution in [-0.2, 0) is 21.4 Å². The normalized spacial score (nSPS) is 28.4. The van der Waals surface area contributed by atoms with Crippen molar-refractivity contribution in [3.63, 3.8) is 0 Å². The van der Waals surface area contributed by atoms with E-state index in [0.717, 1.165) is 37.0 Å². The number of fused-ring (bicyclic) bond motifs is 4. The predicted molar refractivity (Wildman–Crippen MR) is 93.5 cm³/mol. The Morgan fingerprint density at radius 2 is 2.08 bits per heavy atom. The summed E-state index contributed by atoms with van der Waals surface area (Å²) in [5.41, 5.74) is 6.43. The zero-order valence-electron chi connectivity index (χ0n) is 15.1. The number of cyclic esters (lactones) is 1. The predicted octanol–water partition coefficient (Wildman–Crippen LogP) is 4.29. The van der Waals surface area contributed by atoms with Crippen LogP contribution in [0.25, 0.3) is 0 Å². The maximum atomic E-state index is 12.0. The molecule has 1 aromatic carbocycles. The molecule has 3 heteroatoms. The number of hydrogen-bond acceptors (Lipinski definition) is 3. The van der Waals surface area contributed by atoms with E-state index in [9.17, 15) is 4.79 Å². The number of carbonyl (C=O) groups is 1. The summed E-state index contributed by atoms with van der Waals surface area (Å²) in [6.45, 7) is 7.31. The molecule has 1 unspecified atom stereocenters. The summed E-state index contributed by atoms with van der Waals surface area (Å²) in [7, 11) is 1.79. The molecule has 3 aliphatic rings. The first-order valence-electron chi connectivity index (χ1n) is 9.06. The lowest BCUT2D eigenvalue weighted by Crippen LogP contribution is -2.41. The van der Waals surface area contributed by atoms with Crippen molar-refractivity contribution in [2.45, 2.75) is 57.8 Å². The number of rotatable bonds is 2. The van der Waals surface area contributed by atoms with Gasteiger partial charge in [0.05, 0.1) is 7.11 Å². The Morgan fingerprint density at radius 3 is 2.79 bits per heavy atom. The zero-order chi connectivity index (χ0) is 17.1. The SMILES string of the molecule is COc1c(C(C)C)ccc2c1CCC1C3=C(CC[C@]21C)C(=O)OC3. The van der Waals surface area contributed by atoms with Crippen LogP contribution in [0.5, 0.6) is 5.75 Å². The van der Waals surface area contributed by atoms with E-state index in [-0.39, 0.29) is 11.4 Å². The molecular formula is C21H26O3. The van der Waals surface area contributed by atoms with Gasteiger partial charge in [-0.1, -0.05) is 32.9 Å². The minimum Gasteiger partial charge on any atom is -0.496 e. The lowest BCUT2D eigenvalue weighted by Gasteiger charge is -2.47. The summed E-state index contributed by atoms with van der Waals surface area (Å²) >= 11 is 0. The van der Waals surface area contributed by atoms with Crippen molar-refractivity contribution in [3.8, 4) is 5.75 Å². The second-order valence-electron chi connectivity index (χ2n) is 7.96. The molecule has 1 aromatic rings. The number of hydrogen-bond donors (Lipinski definition) is 0. The standard InChI is InChI=1S/C21H26O3/c1-12(2)13-5-7-17-15(19(13)23-4)6-8-18-16-11-24-20(22)14(16)9-10-21(17,18)3/h5,7,12,18H,6,8-11H2,1-4H3/t18?,21-/m1/s1. The third-order valence-corrected chi connectivity index (χ3v) is 6.49. The molecule has 3 nitrogen and oxygen atoms in total. The van der Waals surface area contributed by atoms with Gasteiger partial charge in [0.1, 0.15) is 12.4 Å². The Labute approximate surface area is 144 Å². The average Bonchev–Trinajstić information content (AvgIpc) is 2.94. The summed E-state index contributed by atoms with van der Waals surface area (Å²) in [5, 5.41) is 0. The first-order chi connectivity index (χ1) is 11.5. The van der Waals surface area contributed by atoms with Crippen LogP contribution >= 0.6 is 0 Å². The van der Waals surface area contributed by atoms with Crippen molar-refractivity contribution in [3.05, 3.63) is 40.0 Å². The van der Waals surface area contributed by atoms with Crippen molar-refractivity contribution in [2.24, 2.45) is 5.92 Å². The van der Waals surface area contributed by atoms with Gasteiger partial charge in [0.2, 0.25) is 0 Å². The maximum Gasteiger partial charge on any atom is 0.334 e. The lowest BCUT2D eigenvalue weighted by molar-refractivity contribution is -0.136. The smallest absolute Gasteiger partial charge is 0.334 e. The van der Waals surface area contributed by atoms with Crippen LogP contribution in [0.15, 0.2) is 23.3 Å². The fraction of sp³-hybridized carbons (Fsp3) is 0.571. The highest BCUT2D eigenvalue weighted by atomic mass is 16.5. The molecule has 0 aromatic heterocycles. The third kappa shape index (κ3) is 2.00. The molecular weight excluding hydrogens is 300 g/mol. The van der Waals surface area contributed by atoms with Gasteiger partial charge in [0, 0.05) is 5.57 Å². The highest BCUT2D eigenvalue weighted by molar-refractivity contribution is 5.92. The summed E-state index contributed by atoms with van der Waals surface area (Å²) in [6, 6.07) is 4.57. The van der Waals surface area contributed by atoms with Crippen molar-refractivity contribution in [1.29, 1.82) is 0 Å². The molecule has 0 radical (unpaired) electrons. The fourth-order valence-electron chi connectivity index (χ4n) is 5.19. The van der Waals surface area contributed by atoms with E-state index < -0.39 is 0 Å². The van der Waals surface area contributed by atoms with Crippen LogP contribution in [0.2, 0.25) is 0 Å². The van der Waals surface area contributed by atoms with E-state index in [1.807, 2.05) is 0 Å². The first kappa shape index (κ1) is 15.7. The van der Waals surface area contributed by atoms with Gasteiger partial charge >= 0.3 is 5.97 Å². The van der Waals surface area contributed by atoms with Crippen molar-refractivity contribution in [1.82, 2.24) is 0 Å². The third-order valence-electron chi connectivity index (χ3n) is 6.49. The van der Waals surface area contributed by atoms with Crippen LogP contribution in [0, 0.1) is 5.92 Å². The molecule has 0 saturated carbocycles. The number of ether oxygens (including phenoxy) is 2. The van der Waals surface area contributed by atoms with E-state index in [4.69, 9.17) is 9.47 Å². The number of esters is 1. The summed E-state index contributed by atoms with van der Waals surface area (Å²) < 4.78 is 11.2. The molecule has 128 valence electrons. The van der Waals surface area contributed by atoms with Gasteiger partial charge in [-0.25, -0.2) is 4.79 Å². The molecule has 0 bridgehead atoms. The Morgan fingerprint density at radius 1 is 1.29 bits per heavy atom. The Bertz CT molecular complexity index is 744. The Hall–Kier alpha value is -1.77. The summed E-state index contributed by atoms with van der Waals surface area (Å²) in [6.07, 6.45) is 3.96. The Balaban J connectivity index is 1.85. The fourth-order valence-corrected chi connectivity index (χ4v) is 5.19. The van der Waals surface area contributed by atoms with E-state index in [0.29, 0.717) is 18.4 Å². The number of methoxy groups -OCH3 is 1. The highest BCUT2D eigenvalue weighted by Crippen LogP contribution is 2.55. The van der Waals surface area contributed by atoms with Gasteiger partial charge in [-0.3, -0.25) is 0 Å². The molecule has 0 spiro atoms. The van der Waals surface area contributed by atoms with Crippen LogP contribution in [0.1, 0.15) is 62.6 Å². The first-order valence-corrected chi connectivity index (χ1v) is 9.06. The quantitative estimate of drug-likeness (QED) is 0.761. The molecule has 0 amide bonds. The molecule has 2 atom stereocenters. The lowest BCUT2D eigenvalue weighted by atomic mass is 9.56. The minimum absolute atomic E-state index is 0.0782. The van der Waals surface area contributed by atoms with Gasteiger partial charge in [0.15, 0.2) is 0 Å². The largest absolute Gasteiger partial charge is 0.496 e. The van der Waals surface area contributed by atoms with Crippen LogP contribution < -0.4 is 4.74 Å². The number of carbonyl (C=O) groups excluding carboxylic acids is 1. The topological polar surface area (TPSA) is 35.5 Å². The van der Waals surface area contributed by atoms with Gasteiger partial charge < -0.3 is 9.47 Å².